The monoisotopic (exact) mass is 475 g/mol. The van der Waals surface area contributed by atoms with Crippen molar-refractivity contribution in [3.63, 3.8) is 0 Å². The van der Waals surface area contributed by atoms with Crippen LogP contribution in [-0.4, -0.2) is 49.6 Å². The fraction of sp³-hybridized carbons (Fsp3) is 0.407. The summed E-state index contributed by atoms with van der Waals surface area (Å²) in [6, 6.07) is 15.4. The molecule has 0 unspecified atom stereocenters. The molecular weight excluding hydrogens is 442 g/mol. The lowest BCUT2D eigenvalue weighted by Crippen LogP contribution is -2.52. The average molecular weight is 476 g/mol. The summed E-state index contributed by atoms with van der Waals surface area (Å²) in [6.07, 6.45) is 4.16. The Labute approximate surface area is 205 Å². The molecule has 8 nitrogen and oxygen atoms in total. The fourth-order valence-electron chi connectivity index (χ4n) is 4.77. The summed E-state index contributed by atoms with van der Waals surface area (Å²) in [7, 11) is 0. The largest absolute Gasteiger partial charge is 0.465 e. The number of aromatic nitrogens is 2. The van der Waals surface area contributed by atoms with Crippen molar-refractivity contribution in [2.75, 3.05) is 5.32 Å². The van der Waals surface area contributed by atoms with E-state index in [2.05, 4.69) is 20.6 Å². The highest BCUT2D eigenvalue weighted by molar-refractivity contribution is 5.97. The van der Waals surface area contributed by atoms with Gasteiger partial charge in [0.25, 0.3) is 5.91 Å². The first kappa shape index (κ1) is 24.4. The molecule has 2 amide bonds. The first-order chi connectivity index (χ1) is 16.7. The summed E-state index contributed by atoms with van der Waals surface area (Å²) in [5.74, 6) is 0.373. The minimum atomic E-state index is -0.865. The highest BCUT2D eigenvalue weighted by atomic mass is 16.4. The Morgan fingerprint density at radius 1 is 1.06 bits per heavy atom. The predicted octanol–water partition coefficient (Wildman–Crippen LogP) is 5.06. The van der Waals surface area contributed by atoms with Gasteiger partial charge in [0.15, 0.2) is 0 Å². The maximum atomic E-state index is 12.7. The van der Waals surface area contributed by atoms with Crippen molar-refractivity contribution in [3.05, 3.63) is 65.9 Å². The average Bonchev–Trinajstić information content (AvgIpc) is 2.83. The summed E-state index contributed by atoms with van der Waals surface area (Å²) in [6.45, 7) is 6.27. The molecular formula is C27H33N5O3. The number of carbonyl (C=O) groups is 2. The van der Waals surface area contributed by atoms with Gasteiger partial charge in [0.1, 0.15) is 0 Å². The summed E-state index contributed by atoms with van der Waals surface area (Å²) < 4.78 is 0. The maximum Gasteiger partial charge on any atom is 0.407 e. The smallest absolute Gasteiger partial charge is 0.407 e. The first-order valence-electron chi connectivity index (χ1n) is 12.1. The van der Waals surface area contributed by atoms with E-state index in [1.165, 1.54) is 0 Å². The van der Waals surface area contributed by atoms with Crippen molar-refractivity contribution in [1.82, 2.24) is 20.2 Å². The molecule has 1 aromatic heterocycles. The van der Waals surface area contributed by atoms with E-state index in [0.717, 1.165) is 36.6 Å². The second-order valence-corrected chi connectivity index (χ2v) is 10.1. The zero-order valence-corrected chi connectivity index (χ0v) is 20.5. The quantitative estimate of drug-likeness (QED) is 0.460. The SMILES string of the molecule is CC(C)(C)N(C(=O)O)[C@H]1CC[C@H](Nc2ncc3ccc(C(=O)NCc4ccccc4)cc3n2)CC1. The third-order valence-corrected chi connectivity index (χ3v) is 6.46. The molecule has 1 saturated carbocycles. The molecule has 1 aliphatic rings. The van der Waals surface area contributed by atoms with E-state index in [1.807, 2.05) is 57.2 Å². The molecule has 35 heavy (non-hydrogen) atoms. The molecule has 4 rings (SSSR count). The highest BCUT2D eigenvalue weighted by Crippen LogP contribution is 2.30. The molecule has 1 fully saturated rings. The van der Waals surface area contributed by atoms with Crippen LogP contribution >= 0.6 is 0 Å². The molecule has 1 aliphatic carbocycles. The van der Waals surface area contributed by atoms with Gasteiger partial charge in [-0.2, -0.15) is 0 Å². The molecule has 3 N–H and O–H groups in total. The van der Waals surface area contributed by atoms with Gasteiger partial charge in [-0.25, -0.2) is 14.8 Å². The molecule has 0 bridgehead atoms. The van der Waals surface area contributed by atoms with E-state index in [4.69, 9.17) is 0 Å². The lowest BCUT2D eigenvalue weighted by molar-refractivity contribution is 0.0556. The Balaban J connectivity index is 1.39. The topological polar surface area (TPSA) is 107 Å². The van der Waals surface area contributed by atoms with E-state index in [0.29, 0.717) is 23.6 Å². The van der Waals surface area contributed by atoms with E-state index in [9.17, 15) is 14.7 Å². The Morgan fingerprint density at radius 3 is 2.43 bits per heavy atom. The molecule has 2 aromatic carbocycles. The number of carboxylic acid groups (broad SMARTS) is 1. The molecule has 184 valence electrons. The van der Waals surface area contributed by atoms with Crippen LogP contribution in [-0.2, 0) is 6.54 Å². The summed E-state index contributed by atoms with van der Waals surface area (Å²) >= 11 is 0. The van der Waals surface area contributed by atoms with Gasteiger partial charge in [-0.05, 0) is 64.2 Å². The number of nitrogens with one attached hydrogen (secondary N) is 2. The van der Waals surface area contributed by atoms with Crippen molar-refractivity contribution in [2.45, 2.75) is 70.6 Å². The number of anilines is 1. The van der Waals surface area contributed by atoms with E-state index in [-0.39, 0.29) is 18.0 Å². The zero-order valence-electron chi connectivity index (χ0n) is 20.5. The van der Waals surface area contributed by atoms with Crippen LogP contribution in [0.15, 0.2) is 54.7 Å². The molecule has 0 atom stereocenters. The number of rotatable bonds is 6. The number of carbonyl (C=O) groups excluding carboxylic acids is 1. The second-order valence-electron chi connectivity index (χ2n) is 10.1. The number of fused-ring (bicyclic) bond motifs is 1. The summed E-state index contributed by atoms with van der Waals surface area (Å²) in [4.78, 5) is 35.1. The fourth-order valence-corrected chi connectivity index (χ4v) is 4.77. The van der Waals surface area contributed by atoms with Crippen molar-refractivity contribution >= 4 is 28.9 Å². The maximum absolute atomic E-state index is 12.7. The van der Waals surface area contributed by atoms with Gasteiger partial charge in [0.05, 0.1) is 5.52 Å². The zero-order chi connectivity index (χ0) is 25.0. The normalized spacial score (nSPS) is 18.1. The molecule has 1 heterocycles. The second kappa shape index (κ2) is 10.3. The molecule has 0 aliphatic heterocycles. The van der Waals surface area contributed by atoms with Gasteiger partial charge in [0, 0.05) is 41.3 Å². The van der Waals surface area contributed by atoms with Crippen LogP contribution in [0.3, 0.4) is 0 Å². The standard InChI is InChI=1S/C27H33N5O3/c1-27(2,3)32(26(34)35)22-13-11-21(12-14-22)30-25-29-17-20-10-9-19(15-23(20)31-25)24(33)28-16-18-7-5-4-6-8-18/h4-10,15,17,21-22H,11-14,16H2,1-3H3,(H,28,33)(H,34,35)(H,29,30,31)/t21-,22-. The third kappa shape index (κ3) is 6.07. The number of nitrogens with zero attached hydrogens (tertiary/aromatic N) is 3. The van der Waals surface area contributed by atoms with Crippen molar-refractivity contribution in [1.29, 1.82) is 0 Å². The highest BCUT2D eigenvalue weighted by Gasteiger charge is 2.35. The van der Waals surface area contributed by atoms with E-state index < -0.39 is 11.6 Å². The van der Waals surface area contributed by atoms with Gasteiger partial charge in [-0.3, -0.25) is 4.79 Å². The lowest BCUT2D eigenvalue weighted by Gasteiger charge is -2.42. The number of hydrogen-bond acceptors (Lipinski definition) is 5. The van der Waals surface area contributed by atoms with Crippen LogP contribution in [0.2, 0.25) is 0 Å². The number of amides is 2. The molecule has 3 aromatic rings. The van der Waals surface area contributed by atoms with Crippen LogP contribution in [0.5, 0.6) is 0 Å². The van der Waals surface area contributed by atoms with Crippen LogP contribution < -0.4 is 10.6 Å². The van der Waals surface area contributed by atoms with Crippen LogP contribution in [0.25, 0.3) is 10.9 Å². The van der Waals surface area contributed by atoms with E-state index >= 15 is 0 Å². The lowest BCUT2D eigenvalue weighted by atomic mass is 9.88. The molecule has 8 heteroatoms. The Morgan fingerprint density at radius 2 is 1.77 bits per heavy atom. The Hall–Kier alpha value is -3.68. The summed E-state index contributed by atoms with van der Waals surface area (Å²) in [5.41, 5.74) is 1.87. The van der Waals surface area contributed by atoms with Gasteiger partial charge in [-0.1, -0.05) is 36.4 Å². The first-order valence-corrected chi connectivity index (χ1v) is 12.1. The minimum absolute atomic E-state index is 0.0139. The predicted molar refractivity (Wildman–Crippen MR) is 136 cm³/mol. The molecule has 0 spiro atoms. The van der Waals surface area contributed by atoms with Crippen molar-refractivity contribution in [3.8, 4) is 0 Å². The molecule has 0 saturated heterocycles. The van der Waals surface area contributed by atoms with Gasteiger partial charge >= 0.3 is 6.09 Å². The van der Waals surface area contributed by atoms with Gasteiger partial charge < -0.3 is 20.6 Å². The van der Waals surface area contributed by atoms with Crippen LogP contribution in [0.4, 0.5) is 10.7 Å². The van der Waals surface area contributed by atoms with Crippen LogP contribution in [0, 0.1) is 0 Å². The van der Waals surface area contributed by atoms with Crippen LogP contribution in [0.1, 0.15) is 62.4 Å². The summed E-state index contributed by atoms with van der Waals surface area (Å²) in [5, 5.41) is 16.9. The molecule has 0 radical (unpaired) electrons. The van der Waals surface area contributed by atoms with E-state index in [1.54, 1.807) is 23.2 Å². The number of hydrogen-bond donors (Lipinski definition) is 3. The van der Waals surface area contributed by atoms with Crippen molar-refractivity contribution < 1.29 is 14.7 Å². The van der Waals surface area contributed by atoms with Crippen molar-refractivity contribution in [2.24, 2.45) is 0 Å². The van der Waals surface area contributed by atoms with Gasteiger partial charge in [0.2, 0.25) is 5.95 Å². The van der Waals surface area contributed by atoms with Gasteiger partial charge in [-0.15, -0.1) is 0 Å². The Kier molecular flexibility index (Phi) is 7.19. The Bertz CT molecular complexity index is 1180. The minimum Gasteiger partial charge on any atom is -0.465 e. The number of benzene rings is 2. The third-order valence-electron chi connectivity index (χ3n) is 6.46.